The monoisotopic (exact) mass is 324 g/mol. The molecule has 1 unspecified atom stereocenters. The van der Waals surface area contributed by atoms with Crippen molar-refractivity contribution in [2.45, 2.75) is 20.0 Å². The topological polar surface area (TPSA) is 84.5 Å². The first-order valence-electron chi connectivity index (χ1n) is 7.44. The average Bonchev–Trinajstić information content (AvgIpc) is 2.89. The minimum atomic E-state index is -0.943. The Hall–Kier alpha value is -3.15. The number of nitrogens with one attached hydrogen (secondary N) is 2. The molecule has 3 rings (SSSR count). The van der Waals surface area contributed by atoms with Crippen LogP contribution < -0.4 is 10.6 Å². The second-order valence-electron chi connectivity index (χ2n) is 5.65. The van der Waals surface area contributed by atoms with Gasteiger partial charge in [-0.15, -0.1) is 0 Å². The van der Waals surface area contributed by atoms with Crippen molar-refractivity contribution >= 4 is 23.6 Å². The largest absolute Gasteiger partial charge is 0.431 e. The highest BCUT2D eigenvalue weighted by Crippen LogP contribution is 2.23. The van der Waals surface area contributed by atoms with E-state index in [1.165, 1.54) is 0 Å². The predicted molar refractivity (Wildman–Crippen MR) is 87.7 cm³/mol. The lowest BCUT2D eigenvalue weighted by Gasteiger charge is -2.10. The number of imide groups is 1. The van der Waals surface area contributed by atoms with Crippen molar-refractivity contribution in [2.75, 3.05) is 5.32 Å². The van der Waals surface area contributed by atoms with Crippen LogP contribution in [-0.4, -0.2) is 17.9 Å². The van der Waals surface area contributed by atoms with Gasteiger partial charge in [0.15, 0.2) is 0 Å². The molecule has 2 aromatic rings. The van der Waals surface area contributed by atoms with E-state index in [1.807, 2.05) is 26.0 Å². The maximum atomic E-state index is 12.3. The Morgan fingerprint density at radius 1 is 1.04 bits per heavy atom. The summed E-state index contributed by atoms with van der Waals surface area (Å²) in [6.45, 7) is 3.94. The summed E-state index contributed by atoms with van der Waals surface area (Å²) in [5.74, 6) is -0.706. The van der Waals surface area contributed by atoms with Crippen molar-refractivity contribution in [1.29, 1.82) is 0 Å². The molecule has 0 radical (unpaired) electrons. The fourth-order valence-corrected chi connectivity index (χ4v) is 2.40. The number of alkyl carbamates (subject to hydrolysis) is 1. The second kappa shape index (κ2) is 6.16. The highest BCUT2D eigenvalue weighted by Gasteiger charge is 2.33. The zero-order valence-electron chi connectivity index (χ0n) is 13.3. The number of anilines is 1. The van der Waals surface area contributed by atoms with Gasteiger partial charge in [0.2, 0.25) is 6.10 Å². The maximum Gasteiger partial charge on any atom is 0.415 e. The molecule has 0 saturated carbocycles. The van der Waals surface area contributed by atoms with Gasteiger partial charge in [0.1, 0.15) is 0 Å². The number of hydrogen-bond acceptors (Lipinski definition) is 4. The SMILES string of the molecule is Cc1ccc(C(=O)Nc2ccc(C3OC(=O)NC3=O)cc2)cc1C. The van der Waals surface area contributed by atoms with Crippen LogP contribution in [0.4, 0.5) is 10.5 Å². The average molecular weight is 324 g/mol. The zero-order valence-corrected chi connectivity index (χ0v) is 13.3. The molecule has 0 spiro atoms. The summed E-state index contributed by atoms with van der Waals surface area (Å²) in [7, 11) is 0. The van der Waals surface area contributed by atoms with Crippen LogP contribution in [0.15, 0.2) is 42.5 Å². The van der Waals surface area contributed by atoms with Gasteiger partial charge in [-0.05, 0) is 49.2 Å². The van der Waals surface area contributed by atoms with Gasteiger partial charge in [0, 0.05) is 16.8 Å². The number of carbonyl (C=O) groups is 3. The number of benzene rings is 2. The Bertz CT molecular complexity index is 827. The van der Waals surface area contributed by atoms with Crippen molar-refractivity contribution in [2.24, 2.45) is 0 Å². The van der Waals surface area contributed by atoms with E-state index in [9.17, 15) is 14.4 Å². The van der Waals surface area contributed by atoms with E-state index in [0.29, 0.717) is 16.8 Å². The van der Waals surface area contributed by atoms with Gasteiger partial charge in [-0.2, -0.15) is 0 Å². The Morgan fingerprint density at radius 2 is 1.75 bits per heavy atom. The Labute approximate surface area is 138 Å². The number of aryl methyl sites for hydroxylation is 2. The molecule has 6 nitrogen and oxygen atoms in total. The summed E-state index contributed by atoms with van der Waals surface area (Å²) in [5.41, 5.74) is 3.88. The molecule has 0 aromatic heterocycles. The summed E-state index contributed by atoms with van der Waals surface area (Å²) in [6, 6.07) is 12.1. The van der Waals surface area contributed by atoms with Gasteiger partial charge in [0.05, 0.1) is 0 Å². The second-order valence-corrected chi connectivity index (χ2v) is 5.65. The molecule has 122 valence electrons. The summed E-state index contributed by atoms with van der Waals surface area (Å²) in [5, 5.41) is 4.87. The van der Waals surface area contributed by atoms with Crippen molar-refractivity contribution in [1.82, 2.24) is 5.32 Å². The third-order valence-corrected chi connectivity index (χ3v) is 3.93. The van der Waals surface area contributed by atoms with Gasteiger partial charge in [-0.3, -0.25) is 14.9 Å². The Morgan fingerprint density at radius 3 is 2.33 bits per heavy atom. The van der Waals surface area contributed by atoms with E-state index in [1.54, 1.807) is 30.3 Å². The van der Waals surface area contributed by atoms with Crippen LogP contribution in [0, 0.1) is 13.8 Å². The van der Waals surface area contributed by atoms with Gasteiger partial charge in [-0.1, -0.05) is 18.2 Å². The molecule has 2 N–H and O–H groups in total. The molecule has 0 bridgehead atoms. The standard InChI is InChI=1S/C18H16N2O4/c1-10-3-4-13(9-11(10)2)16(21)19-14-7-5-12(6-8-14)15-17(22)20-18(23)24-15/h3-9,15H,1-2H3,(H,19,21)(H,20,22,23). The van der Waals surface area contributed by atoms with Crippen LogP contribution in [0.25, 0.3) is 0 Å². The molecule has 1 atom stereocenters. The number of carbonyl (C=O) groups excluding carboxylic acids is 3. The van der Waals surface area contributed by atoms with Crippen LogP contribution in [-0.2, 0) is 9.53 Å². The van der Waals surface area contributed by atoms with Crippen molar-refractivity contribution in [3.05, 3.63) is 64.7 Å². The quantitative estimate of drug-likeness (QED) is 0.909. The molecule has 2 aromatic carbocycles. The molecule has 1 fully saturated rings. The Balaban J connectivity index is 1.72. The minimum absolute atomic E-state index is 0.212. The fourth-order valence-electron chi connectivity index (χ4n) is 2.40. The maximum absolute atomic E-state index is 12.3. The van der Waals surface area contributed by atoms with Gasteiger partial charge < -0.3 is 10.1 Å². The lowest BCUT2D eigenvalue weighted by Crippen LogP contribution is -2.20. The smallest absolute Gasteiger partial charge is 0.415 e. The molecular weight excluding hydrogens is 308 g/mol. The van der Waals surface area contributed by atoms with Crippen LogP contribution >= 0.6 is 0 Å². The van der Waals surface area contributed by atoms with Crippen LogP contribution in [0.2, 0.25) is 0 Å². The van der Waals surface area contributed by atoms with E-state index >= 15 is 0 Å². The van der Waals surface area contributed by atoms with E-state index in [0.717, 1.165) is 11.1 Å². The highest BCUT2D eigenvalue weighted by atomic mass is 16.6. The van der Waals surface area contributed by atoms with E-state index in [4.69, 9.17) is 4.74 Å². The van der Waals surface area contributed by atoms with Crippen LogP contribution in [0.1, 0.15) is 33.2 Å². The van der Waals surface area contributed by atoms with E-state index in [2.05, 4.69) is 10.6 Å². The Kier molecular flexibility index (Phi) is 4.04. The zero-order chi connectivity index (χ0) is 17.3. The van der Waals surface area contributed by atoms with Gasteiger partial charge in [-0.25, -0.2) is 4.79 Å². The normalized spacial score (nSPS) is 16.5. The molecule has 0 aliphatic carbocycles. The fraction of sp³-hybridized carbons (Fsp3) is 0.167. The summed E-state index contributed by atoms with van der Waals surface area (Å²) in [6.07, 6.45) is -1.70. The van der Waals surface area contributed by atoms with Crippen molar-refractivity contribution < 1.29 is 19.1 Å². The summed E-state index contributed by atoms with van der Waals surface area (Å²) < 4.78 is 4.89. The molecule has 1 heterocycles. The summed E-state index contributed by atoms with van der Waals surface area (Å²) >= 11 is 0. The molecule has 1 aliphatic rings. The van der Waals surface area contributed by atoms with Crippen molar-refractivity contribution in [3.8, 4) is 0 Å². The number of amides is 3. The van der Waals surface area contributed by atoms with E-state index < -0.39 is 18.1 Å². The predicted octanol–water partition coefficient (Wildman–Crippen LogP) is 2.86. The number of cyclic esters (lactones) is 1. The van der Waals surface area contributed by atoms with Crippen LogP contribution in [0.3, 0.4) is 0 Å². The minimum Gasteiger partial charge on any atom is -0.431 e. The first-order chi connectivity index (χ1) is 11.4. The van der Waals surface area contributed by atoms with Crippen LogP contribution in [0.5, 0.6) is 0 Å². The lowest BCUT2D eigenvalue weighted by atomic mass is 10.1. The lowest BCUT2D eigenvalue weighted by molar-refractivity contribution is -0.123. The number of ether oxygens (including phenoxy) is 1. The summed E-state index contributed by atoms with van der Waals surface area (Å²) in [4.78, 5) is 34.9. The number of hydrogen-bond donors (Lipinski definition) is 2. The molecule has 6 heteroatoms. The van der Waals surface area contributed by atoms with Gasteiger partial charge in [0.25, 0.3) is 11.8 Å². The third kappa shape index (κ3) is 3.12. The molecule has 24 heavy (non-hydrogen) atoms. The van der Waals surface area contributed by atoms with Crippen molar-refractivity contribution in [3.63, 3.8) is 0 Å². The molecular formula is C18H16N2O4. The number of rotatable bonds is 3. The first-order valence-corrected chi connectivity index (χ1v) is 7.44. The molecule has 1 saturated heterocycles. The van der Waals surface area contributed by atoms with E-state index in [-0.39, 0.29) is 5.91 Å². The molecule has 3 amide bonds. The third-order valence-electron chi connectivity index (χ3n) is 3.93. The molecule has 1 aliphatic heterocycles. The van der Waals surface area contributed by atoms with Gasteiger partial charge >= 0.3 is 6.09 Å². The first kappa shape index (κ1) is 15.7. The highest BCUT2D eigenvalue weighted by molar-refractivity contribution is 6.04.